The molecule has 35 heavy (non-hydrogen) atoms. The number of nitrogen functional groups attached to an aromatic ring is 1. The number of aromatic nitrogens is 4. The second kappa shape index (κ2) is 10.1. The van der Waals surface area contributed by atoms with E-state index in [0.717, 1.165) is 4.88 Å². The number of sulfone groups is 1. The molecule has 9 nitrogen and oxygen atoms in total. The molecule has 0 saturated heterocycles. The van der Waals surface area contributed by atoms with Crippen LogP contribution in [0.15, 0.2) is 51.9 Å². The molecule has 0 spiro atoms. The number of hydrogen-bond acceptors (Lipinski definition) is 10. The Bertz CT molecular complexity index is 1430. The first-order valence-corrected chi connectivity index (χ1v) is 12.9. The van der Waals surface area contributed by atoms with Gasteiger partial charge < -0.3 is 15.5 Å². The summed E-state index contributed by atoms with van der Waals surface area (Å²) in [6.45, 7) is 3.16. The summed E-state index contributed by atoms with van der Waals surface area (Å²) in [5, 5.41) is 10.2. The van der Waals surface area contributed by atoms with Crippen molar-refractivity contribution in [2.45, 2.75) is 37.0 Å². The zero-order valence-corrected chi connectivity index (χ0v) is 20.4. The predicted molar refractivity (Wildman–Crippen MR) is 135 cm³/mol. The third kappa shape index (κ3) is 5.52. The van der Waals surface area contributed by atoms with Gasteiger partial charge in [0.05, 0.1) is 33.5 Å². The lowest BCUT2D eigenvalue weighted by Crippen LogP contribution is -2.19. The van der Waals surface area contributed by atoms with Crippen LogP contribution in [0.25, 0.3) is 33.6 Å². The van der Waals surface area contributed by atoms with Gasteiger partial charge in [-0.15, -0.1) is 21.5 Å². The lowest BCUT2D eigenvalue weighted by Gasteiger charge is -2.09. The summed E-state index contributed by atoms with van der Waals surface area (Å²) in [5.74, 6) is 0.391. The van der Waals surface area contributed by atoms with Gasteiger partial charge >= 0.3 is 0 Å². The highest BCUT2D eigenvalue weighted by atomic mass is 32.2. The molecule has 13 heteroatoms. The van der Waals surface area contributed by atoms with Crippen LogP contribution in [-0.2, 0) is 16.4 Å². The maximum absolute atomic E-state index is 12.4. The summed E-state index contributed by atoms with van der Waals surface area (Å²) in [5.41, 5.74) is 7.28. The summed E-state index contributed by atoms with van der Waals surface area (Å²) in [6, 6.07) is 9.90. The molecule has 4 rings (SSSR count). The molecule has 1 aromatic carbocycles. The largest absolute Gasteiger partial charge is 0.414 e. The van der Waals surface area contributed by atoms with Crippen LogP contribution in [0.2, 0.25) is 0 Å². The van der Waals surface area contributed by atoms with Crippen molar-refractivity contribution in [1.29, 1.82) is 0 Å². The molecular weight excluding hydrogens is 498 g/mol. The molecule has 0 atom stereocenters. The van der Waals surface area contributed by atoms with Crippen molar-refractivity contribution in [2.24, 2.45) is 0 Å². The minimum Gasteiger partial charge on any atom is -0.414 e. The van der Waals surface area contributed by atoms with E-state index in [1.165, 1.54) is 29.7 Å². The minimum atomic E-state index is -3.39. The molecule has 0 aliphatic rings. The molecule has 3 heterocycles. The number of halogens is 2. The van der Waals surface area contributed by atoms with E-state index in [9.17, 15) is 17.2 Å². The number of nitrogens with two attached hydrogens (primary N) is 1. The number of thiophene rings is 1. The maximum Gasteiger partial charge on any atom is 0.270 e. The van der Waals surface area contributed by atoms with Crippen LogP contribution in [0.1, 0.15) is 23.0 Å². The third-order valence-electron chi connectivity index (χ3n) is 5.00. The summed E-state index contributed by atoms with van der Waals surface area (Å²) >= 11 is 1.34. The Labute approximate surface area is 208 Å². The molecule has 0 bridgehead atoms. The lowest BCUT2D eigenvalue weighted by atomic mass is 10.1. The molecule has 0 unspecified atom stereocenters. The van der Waals surface area contributed by atoms with Crippen molar-refractivity contribution in [1.82, 2.24) is 25.5 Å². The molecular formula is C22H28F2N6O3S2. The highest BCUT2D eigenvalue weighted by molar-refractivity contribution is 7.92. The minimum absolute atomic E-state index is 0. The van der Waals surface area contributed by atoms with E-state index in [-0.39, 0.29) is 39.0 Å². The Hall–Kier alpha value is -3.29. The van der Waals surface area contributed by atoms with E-state index in [2.05, 4.69) is 25.5 Å². The molecule has 4 aromatic rings. The van der Waals surface area contributed by atoms with Gasteiger partial charge in [-0.2, -0.15) is 0 Å². The number of alkyl halides is 2. The zero-order chi connectivity index (χ0) is 25.2. The van der Waals surface area contributed by atoms with Gasteiger partial charge in [-0.25, -0.2) is 27.2 Å². The number of rotatable bonds is 9. The van der Waals surface area contributed by atoms with Crippen molar-refractivity contribution >= 4 is 27.0 Å². The van der Waals surface area contributed by atoms with Gasteiger partial charge in [0, 0.05) is 21.3 Å². The average Bonchev–Trinajstić information content (AvgIpc) is 3.49. The maximum atomic E-state index is 12.4. The highest BCUT2D eigenvalue weighted by Gasteiger charge is 2.20. The summed E-state index contributed by atoms with van der Waals surface area (Å²) in [7, 11) is -3.39. The Morgan fingerprint density at radius 2 is 1.83 bits per heavy atom. The molecule has 0 amide bonds. The number of anilines is 1. The SMILES string of the molecule is CC(C)S(=O)(=O)c1ccc(-c2cnc(N)c(-c3nnc(-c4ccc(CNCC(F)F)s4)o3)n2)cc1.[HH].[HH].[HH]. The summed E-state index contributed by atoms with van der Waals surface area (Å²) < 4.78 is 55.1. The summed E-state index contributed by atoms with van der Waals surface area (Å²) in [4.78, 5) is 10.4. The molecule has 0 aliphatic heterocycles. The number of benzene rings is 1. The first kappa shape index (κ1) is 24.8. The van der Waals surface area contributed by atoms with Crippen LogP contribution >= 0.6 is 11.3 Å². The fraction of sp³-hybridized carbons (Fsp3) is 0.273. The monoisotopic (exact) mass is 526 g/mol. The summed E-state index contributed by atoms with van der Waals surface area (Å²) in [6.07, 6.45) is -0.943. The average molecular weight is 527 g/mol. The van der Waals surface area contributed by atoms with Crippen molar-refractivity contribution in [3.05, 3.63) is 47.5 Å². The van der Waals surface area contributed by atoms with Crippen molar-refractivity contribution in [3.63, 3.8) is 0 Å². The van der Waals surface area contributed by atoms with Gasteiger partial charge in [0.1, 0.15) is 0 Å². The van der Waals surface area contributed by atoms with Crippen LogP contribution < -0.4 is 11.1 Å². The van der Waals surface area contributed by atoms with Gasteiger partial charge in [0.15, 0.2) is 21.3 Å². The Balaban J connectivity index is 0.00000241. The van der Waals surface area contributed by atoms with E-state index in [4.69, 9.17) is 10.2 Å². The first-order valence-electron chi connectivity index (χ1n) is 10.5. The second-order valence-electron chi connectivity index (χ2n) is 7.81. The zero-order valence-electron chi connectivity index (χ0n) is 18.8. The molecule has 0 saturated carbocycles. The second-order valence-corrected chi connectivity index (χ2v) is 11.5. The fourth-order valence-corrected chi connectivity index (χ4v) is 5.05. The van der Waals surface area contributed by atoms with E-state index in [0.29, 0.717) is 22.7 Å². The van der Waals surface area contributed by atoms with Crippen molar-refractivity contribution in [2.75, 3.05) is 12.3 Å². The van der Waals surface area contributed by atoms with Gasteiger partial charge in [0.25, 0.3) is 18.2 Å². The van der Waals surface area contributed by atoms with Crippen LogP contribution in [-0.4, -0.2) is 46.8 Å². The lowest BCUT2D eigenvalue weighted by molar-refractivity contribution is 0.145. The standard InChI is InChI=1S/C22H22F2N6O3S2.3H2/c1-12(2)35(31,32)15-6-3-13(4-7-15)16-10-27-20(25)19(28-16)22-30-29-21(33-22)17-8-5-14(34-17)9-26-11-18(23)24;;;/h3-8,10,12,18,26H,9,11H2,1-2H3,(H2,25,27);3*1H. The smallest absolute Gasteiger partial charge is 0.270 e. The van der Waals surface area contributed by atoms with Gasteiger partial charge in [0.2, 0.25) is 0 Å². The quantitative estimate of drug-likeness (QED) is 0.316. The van der Waals surface area contributed by atoms with Gasteiger partial charge in [-0.1, -0.05) is 12.1 Å². The Morgan fingerprint density at radius 1 is 1.11 bits per heavy atom. The Kier molecular flexibility index (Phi) is 7.19. The normalized spacial score (nSPS) is 12.1. The Morgan fingerprint density at radius 3 is 2.51 bits per heavy atom. The molecule has 0 radical (unpaired) electrons. The topological polar surface area (TPSA) is 137 Å². The first-order chi connectivity index (χ1) is 16.6. The van der Waals surface area contributed by atoms with E-state index < -0.39 is 21.5 Å². The van der Waals surface area contributed by atoms with Crippen molar-refractivity contribution in [3.8, 4) is 33.6 Å². The number of hydrogen-bond donors (Lipinski definition) is 2. The molecule has 190 valence electrons. The molecule has 3 aromatic heterocycles. The highest BCUT2D eigenvalue weighted by Crippen LogP contribution is 2.31. The molecule has 3 N–H and O–H groups in total. The van der Waals surface area contributed by atoms with E-state index in [1.54, 1.807) is 38.1 Å². The number of nitrogens with zero attached hydrogens (tertiary/aromatic N) is 4. The van der Waals surface area contributed by atoms with Gasteiger partial charge in [-0.3, -0.25) is 0 Å². The van der Waals surface area contributed by atoms with E-state index in [1.807, 2.05) is 0 Å². The molecule has 0 fully saturated rings. The molecule has 0 aliphatic carbocycles. The van der Waals surface area contributed by atoms with E-state index >= 15 is 0 Å². The van der Waals surface area contributed by atoms with Crippen molar-refractivity contribution < 1.29 is 25.9 Å². The predicted octanol–water partition coefficient (Wildman–Crippen LogP) is 4.78. The van der Waals surface area contributed by atoms with Gasteiger partial charge in [-0.05, 0) is 38.1 Å². The van der Waals surface area contributed by atoms with Crippen LogP contribution in [0.4, 0.5) is 14.6 Å². The number of nitrogens with one attached hydrogen (secondary N) is 1. The third-order valence-corrected chi connectivity index (χ3v) is 8.24. The fourth-order valence-electron chi connectivity index (χ4n) is 3.09. The van der Waals surface area contributed by atoms with Crippen LogP contribution in [0, 0.1) is 0 Å². The van der Waals surface area contributed by atoms with Crippen LogP contribution in [0.5, 0.6) is 0 Å². The van der Waals surface area contributed by atoms with Crippen LogP contribution in [0.3, 0.4) is 0 Å².